The molecule has 1 amide bonds. The van der Waals surface area contributed by atoms with Gasteiger partial charge in [0, 0.05) is 24.7 Å². The minimum atomic E-state index is -0.598. The van der Waals surface area contributed by atoms with Gasteiger partial charge >= 0.3 is 0 Å². The van der Waals surface area contributed by atoms with Gasteiger partial charge in [0.15, 0.2) is 6.10 Å². The van der Waals surface area contributed by atoms with Crippen LogP contribution >= 0.6 is 0 Å². The molecule has 1 aliphatic heterocycles. The molecule has 3 aromatic carbocycles. The van der Waals surface area contributed by atoms with Crippen LogP contribution in [0.3, 0.4) is 0 Å². The molecule has 0 bridgehead atoms. The predicted octanol–water partition coefficient (Wildman–Crippen LogP) is 5.27. The second-order valence-electron chi connectivity index (χ2n) is 8.91. The Morgan fingerprint density at radius 2 is 1.79 bits per heavy atom. The van der Waals surface area contributed by atoms with E-state index in [9.17, 15) is 9.18 Å². The number of benzene rings is 3. The fourth-order valence-corrected chi connectivity index (χ4v) is 4.42. The molecule has 0 aliphatic carbocycles. The summed E-state index contributed by atoms with van der Waals surface area (Å²) >= 11 is 0. The molecule has 33 heavy (non-hydrogen) atoms. The minimum absolute atomic E-state index is 0.0297. The van der Waals surface area contributed by atoms with Crippen LogP contribution in [0.1, 0.15) is 49.1 Å². The molecular formula is C28H31FN2O2. The van der Waals surface area contributed by atoms with Crippen molar-refractivity contribution in [3.05, 3.63) is 101 Å². The van der Waals surface area contributed by atoms with Crippen molar-refractivity contribution >= 4 is 5.91 Å². The van der Waals surface area contributed by atoms with Crippen molar-refractivity contribution in [1.29, 1.82) is 0 Å². The minimum Gasteiger partial charge on any atom is -0.481 e. The first kappa shape index (κ1) is 23.0. The normalized spacial score (nSPS) is 16.8. The average Bonchev–Trinajstić information content (AvgIpc) is 2.80. The average molecular weight is 447 g/mol. The zero-order valence-electron chi connectivity index (χ0n) is 19.4. The van der Waals surface area contributed by atoms with Crippen molar-refractivity contribution < 1.29 is 13.9 Å². The van der Waals surface area contributed by atoms with Crippen molar-refractivity contribution in [2.45, 2.75) is 51.9 Å². The van der Waals surface area contributed by atoms with E-state index in [1.54, 1.807) is 13.0 Å². The smallest absolute Gasteiger partial charge is 0.260 e. The maximum Gasteiger partial charge on any atom is 0.260 e. The molecular weight excluding hydrogens is 415 g/mol. The van der Waals surface area contributed by atoms with E-state index in [2.05, 4.69) is 28.4 Å². The maximum atomic E-state index is 14.5. The van der Waals surface area contributed by atoms with Gasteiger partial charge in [-0.15, -0.1) is 0 Å². The summed E-state index contributed by atoms with van der Waals surface area (Å²) in [7, 11) is 0. The fraction of sp³-hybridized carbons (Fsp3) is 0.321. The molecule has 2 atom stereocenters. The van der Waals surface area contributed by atoms with Gasteiger partial charge in [-0.05, 0) is 62.1 Å². The third-order valence-corrected chi connectivity index (χ3v) is 6.01. The van der Waals surface area contributed by atoms with Crippen molar-refractivity contribution in [1.82, 2.24) is 10.2 Å². The quantitative estimate of drug-likeness (QED) is 0.538. The maximum absolute atomic E-state index is 14.5. The van der Waals surface area contributed by atoms with Crippen LogP contribution in [0.4, 0.5) is 4.39 Å². The number of nitrogens with zero attached hydrogens (tertiary/aromatic N) is 1. The molecule has 1 aliphatic rings. The van der Waals surface area contributed by atoms with Gasteiger partial charge in [0.25, 0.3) is 5.91 Å². The molecule has 0 saturated heterocycles. The second-order valence-corrected chi connectivity index (χ2v) is 8.91. The zero-order chi connectivity index (χ0) is 23.4. The van der Waals surface area contributed by atoms with Crippen LogP contribution in [0.5, 0.6) is 5.75 Å². The molecule has 1 heterocycles. The molecule has 0 radical (unpaired) electrons. The molecule has 0 saturated carbocycles. The first-order valence-corrected chi connectivity index (χ1v) is 11.5. The number of ether oxygens (including phenoxy) is 1. The van der Waals surface area contributed by atoms with Crippen molar-refractivity contribution in [3.8, 4) is 5.75 Å². The molecule has 5 heteroatoms. The van der Waals surface area contributed by atoms with Gasteiger partial charge in [-0.25, -0.2) is 4.39 Å². The lowest BCUT2D eigenvalue weighted by atomic mass is 9.87. The molecule has 1 N–H and O–H groups in total. The topological polar surface area (TPSA) is 41.6 Å². The van der Waals surface area contributed by atoms with Gasteiger partial charge in [-0.1, -0.05) is 54.6 Å². The number of carbonyl (C=O) groups is 1. The van der Waals surface area contributed by atoms with Crippen LogP contribution in [0, 0.1) is 5.82 Å². The Hall–Kier alpha value is -3.18. The van der Waals surface area contributed by atoms with Gasteiger partial charge in [0.2, 0.25) is 0 Å². The molecule has 4 rings (SSSR count). The Morgan fingerprint density at radius 3 is 2.52 bits per heavy atom. The van der Waals surface area contributed by atoms with Crippen molar-refractivity contribution in [2.75, 3.05) is 6.54 Å². The summed E-state index contributed by atoms with van der Waals surface area (Å²) in [5.41, 5.74) is 4.23. The van der Waals surface area contributed by atoms with Crippen LogP contribution in [0.25, 0.3) is 0 Å². The third kappa shape index (κ3) is 5.42. The molecule has 0 aromatic heterocycles. The van der Waals surface area contributed by atoms with Crippen LogP contribution in [-0.2, 0) is 17.8 Å². The van der Waals surface area contributed by atoms with Crippen LogP contribution in [0.2, 0.25) is 0 Å². The molecule has 0 spiro atoms. The number of amides is 1. The number of halogens is 1. The van der Waals surface area contributed by atoms with Gasteiger partial charge in [-0.3, -0.25) is 9.69 Å². The third-order valence-electron chi connectivity index (χ3n) is 6.01. The summed E-state index contributed by atoms with van der Waals surface area (Å²) in [5.74, 6) is 0.342. The SMILES string of the molecule is CC(C)NC(=O)[C@@H](C)Oc1ccc2c(c1)[C@H](c1ccccc1)N(Cc1ccccc1F)CC2. The first-order valence-electron chi connectivity index (χ1n) is 11.5. The van der Waals surface area contributed by atoms with Gasteiger partial charge in [-0.2, -0.15) is 0 Å². The lowest BCUT2D eigenvalue weighted by Crippen LogP contribution is -2.40. The van der Waals surface area contributed by atoms with Crippen molar-refractivity contribution in [2.24, 2.45) is 0 Å². The van der Waals surface area contributed by atoms with E-state index < -0.39 is 6.10 Å². The van der Waals surface area contributed by atoms with Gasteiger partial charge < -0.3 is 10.1 Å². The monoisotopic (exact) mass is 446 g/mol. The van der Waals surface area contributed by atoms with Gasteiger partial charge in [0.1, 0.15) is 11.6 Å². The fourth-order valence-electron chi connectivity index (χ4n) is 4.42. The van der Waals surface area contributed by atoms with Gasteiger partial charge in [0.05, 0.1) is 6.04 Å². The summed E-state index contributed by atoms with van der Waals surface area (Å²) in [6.07, 6.45) is 0.273. The van der Waals surface area contributed by atoms with E-state index in [0.717, 1.165) is 24.1 Å². The lowest BCUT2D eigenvalue weighted by Gasteiger charge is -2.38. The highest BCUT2D eigenvalue weighted by Crippen LogP contribution is 2.38. The standard InChI is InChI=1S/C28H31FN2O2/c1-19(2)30-28(32)20(3)33-24-14-13-21-15-16-31(18-23-11-7-8-12-26(23)29)27(25(21)17-24)22-9-5-4-6-10-22/h4-14,17,19-20,27H,15-16,18H2,1-3H3,(H,30,32)/t20-,27+/m1/s1. The first-order chi connectivity index (χ1) is 15.9. The van der Waals surface area contributed by atoms with E-state index >= 15 is 0 Å². The van der Waals surface area contributed by atoms with E-state index in [1.807, 2.05) is 56.3 Å². The Labute approximate surface area is 195 Å². The second kappa shape index (κ2) is 10.2. The van der Waals surface area contributed by atoms with Crippen LogP contribution in [-0.4, -0.2) is 29.5 Å². The Morgan fingerprint density at radius 1 is 1.06 bits per heavy atom. The van der Waals surface area contributed by atoms with Crippen LogP contribution in [0.15, 0.2) is 72.8 Å². The van der Waals surface area contributed by atoms with E-state index in [1.165, 1.54) is 11.6 Å². The Balaban J connectivity index is 1.66. The highest BCUT2D eigenvalue weighted by atomic mass is 19.1. The van der Waals surface area contributed by atoms with E-state index in [0.29, 0.717) is 17.9 Å². The molecule has 172 valence electrons. The highest BCUT2D eigenvalue weighted by molar-refractivity contribution is 5.80. The Kier molecular flexibility index (Phi) is 7.09. The number of fused-ring (bicyclic) bond motifs is 1. The molecule has 0 fully saturated rings. The summed E-state index contributed by atoms with van der Waals surface area (Å²) in [5, 5.41) is 2.89. The summed E-state index contributed by atoms with van der Waals surface area (Å²) in [4.78, 5) is 14.7. The Bertz CT molecular complexity index is 1100. The lowest BCUT2D eigenvalue weighted by molar-refractivity contribution is -0.127. The van der Waals surface area contributed by atoms with E-state index in [-0.39, 0.29) is 23.8 Å². The largest absolute Gasteiger partial charge is 0.481 e. The number of carbonyl (C=O) groups excluding carboxylic acids is 1. The summed E-state index contributed by atoms with van der Waals surface area (Å²) in [6, 6.07) is 23.3. The molecule has 0 unspecified atom stereocenters. The molecule has 4 nitrogen and oxygen atoms in total. The molecule has 3 aromatic rings. The summed E-state index contributed by atoms with van der Waals surface area (Å²) in [6.45, 7) is 6.96. The number of hydrogen-bond donors (Lipinski definition) is 1. The number of nitrogens with one attached hydrogen (secondary N) is 1. The summed E-state index contributed by atoms with van der Waals surface area (Å²) < 4.78 is 20.5. The van der Waals surface area contributed by atoms with E-state index in [4.69, 9.17) is 4.74 Å². The van der Waals surface area contributed by atoms with Crippen LogP contribution < -0.4 is 10.1 Å². The zero-order valence-corrected chi connectivity index (χ0v) is 19.4. The predicted molar refractivity (Wildman–Crippen MR) is 129 cm³/mol. The number of rotatable bonds is 7. The number of hydrogen-bond acceptors (Lipinski definition) is 3. The highest BCUT2D eigenvalue weighted by Gasteiger charge is 2.30. The van der Waals surface area contributed by atoms with Crippen molar-refractivity contribution in [3.63, 3.8) is 0 Å².